The maximum atomic E-state index is 6.63. The molecule has 1 aromatic carbocycles. The van der Waals surface area contributed by atoms with Crippen LogP contribution in [0.4, 0.5) is 0 Å². The number of rotatable bonds is 3. The molecule has 0 spiro atoms. The predicted octanol–water partition coefficient (Wildman–Crippen LogP) is 4.70. The third-order valence-corrected chi connectivity index (χ3v) is 6.29. The van der Waals surface area contributed by atoms with E-state index < -0.39 is 8.32 Å². The van der Waals surface area contributed by atoms with Crippen LogP contribution in [-0.4, -0.2) is 8.32 Å². The summed E-state index contributed by atoms with van der Waals surface area (Å²) in [5, 5.41) is 0. The van der Waals surface area contributed by atoms with Gasteiger partial charge in [0.25, 0.3) is 0 Å². The molecule has 0 amide bonds. The molecule has 1 unspecified atom stereocenters. The lowest BCUT2D eigenvalue weighted by molar-refractivity contribution is 0.0211. The monoisotopic (exact) mass is 248 g/mol. The van der Waals surface area contributed by atoms with Gasteiger partial charge in [-0.1, -0.05) is 50.1 Å². The van der Waals surface area contributed by atoms with E-state index >= 15 is 0 Å². The van der Waals surface area contributed by atoms with Gasteiger partial charge in [-0.15, -0.1) is 0 Å². The Hall–Kier alpha value is -0.603. The molecule has 1 saturated heterocycles. The Morgan fingerprint density at radius 1 is 1.24 bits per heavy atom. The Bertz CT molecular complexity index is 356. The van der Waals surface area contributed by atoms with E-state index in [-0.39, 0.29) is 5.60 Å². The van der Waals surface area contributed by atoms with Crippen LogP contribution in [0.25, 0.3) is 0 Å². The first-order valence-corrected chi connectivity index (χ1v) is 9.95. The molecule has 2 heteroatoms. The maximum absolute atomic E-state index is 6.63. The van der Waals surface area contributed by atoms with Crippen molar-refractivity contribution in [2.24, 2.45) is 0 Å². The van der Waals surface area contributed by atoms with Gasteiger partial charge < -0.3 is 4.43 Å². The van der Waals surface area contributed by atoms with Crippen molar-refractivity contribution in [3.8, 4) is 0 Å². The second kappa shape index (κ2) is 4.95. The van der Waals surface area contributed by atoms with E-state index in [0.29, 0.717) is 0 Å². The highest BCUT2D eigenvalue weighted by atomic mass is 28.4. The average Bonchev–Trinajstić information content (AvgIpc) is 2.29. The summed E-state index contributed by atoms with van der Waals surface area (Å²) in [7, 11) is -1.45. The van der Waals surface area contributed by atoms with Crippen LogP contribution >= 0.6 is 0 Å². The molecule has 1 fully saturated rings. The summed E-state index contributed by atoms with van der Waals surface area (Å²) in [6.45, 7) is 6.98. The van der Waals surface area contributed by atoms with Crippen molar-refractivity contribution >= 4 is 8.32 Å². The van der Waals surface area contributed by atoms with Crippen LogP contribution in [0.5, 0.6) is 0 Å². The van der Waals surface area contributed by atoms with Gasteiger partial charge in [0, 0.05) is 0 Å². The van der Waals surface area contributed by atoms with Gasteiger partial charge in [0.2, 0.25) is 0 Å². The fourth-order valence-corrected chi connectivity index (χ4v) is 5.61. The minimum Gasteiger partial charge on any atom is -0.408 e. The molecule has 94 valence electrons. The highest BCUT2D eigenvalue weighted by Gasteiger charge is 2.42. The summed E-state index contributed by atoms with van der Waals surface area (Å²) in [5.74, 6) is 0. The van der Waals surface area contributed by atoms with Crippen molar-refractivity contribution in [1.82, 2.24) is 0 Å². The van der Waals surface area contributed by atoms with Crippen molar-refractivity contribution in [1.29, 1.82) is 0 Å². The van der Waals surface area contributed by atoms with E-state index in [9.17, 15) is 0 Å². The normalized spacial score (nSPS) is 27.9. The molecule has 1 aliphatic heterocycles. The first kappa shape index (κ1) is 12.8. The first-order valence-electron chi connectivity index (χ1n) is 6.84. The molecule has 0 radical (unpaired) electrons. The summed E-state index contributed by atoms with van der Waals surface area (Å²) >= 11 is 0. The fourth-order valence-electron chi connectivity index (χ4n) is 3.10. The van der Waals surface area contributed by atoms with E-state index in [4.69, 9.17) is 4.43 Å². The molecule has 2 rings (SSSR count). The fraction of sp³-hybridized carbons (Fsp3) is 0.600. The van der Waals surface area contributed by atoms with E-state index in [2.05, 4.69) is 50.3 Å². The molecule has 0 aliphatic carbocycles. The standard InChI is InChI=1S/C15H24OSi/c1-4-11-15(14-9-6-5-7-10-14)12-8-13-17(2,3)16-15/h5-7,9-10H,4,8,11-13H2,1-3H3. The summed E-state index contributed by atoms with van der Waals surface area (Å²) < 4.78 is 6.63. The van der Waals surface area contributed by atoms with E-state index in [1.165, 1.54) is 30.9 Å². The Balaban J connectivity index is 2.32. The van der Waals surface area contributed by atoms with Crippen molar-refractivity contribution < 1.29 is 4.43 Å². The van der Waals surface area contributed by atoms with E-state index in [1.807, 2.05) is 0 Å². The topological polar surface area (TPSA) is 9.23 Å². The van der Waals surface area contributed by atoms with Gasteiger partial charge in [-0.05, 0) is 37.5 Å². The van der Waals surface area contributed by atoms with Crippen molar-refractivity contribution in [3.63, 3.8) is 0 Å². The maximum Gasteiger partial charge on any atom is 0.188 e. The zero-order chi connectivity index (χ0) is 12.4. The van der Waals surface area contributed by atoms with Crippen LogP contribution in [0.15, 0.2) is 30.3 Å². The second-order valence-corrected chi connectivity index (χ2v) is 10.0. The molecular formula is C15H24OSi. The highest BCUT2D eigenvalue weighted by molar-refractivity contribution is 6.71. The lowest BCUT2D eigenvalue weighted by atomic mass is 9.85. The zero-order valence-electron chi connectivity index (χ0n) is 11.3. The van der Waals surface area contributed by atoms with Gasteiger partial charge in [0.1, 0.15) is 0 Å². The van der Waals surface area contributed by atoms with Gasteiger partial charge >= 0.3 is 0 Å². The SMILES string of the molecule is CCCC1(c2ccccc2)CCC[Si](C)(C)O1. The molecule has 1 aliphatic rings. The zero-order valence-corrected chi connectivity index (χ0v) is 12.3. The molecule has 1 atom stereocenters. The van der Waals surface area contributed by atoms with E-state index in [0.717, 1.165) is 6.42 Å². The second-order valence-electron chi connectivity index (χ2n) is 5.83. The van der Waals surface area contributed by atoms with Gasteiger partial charge in [0.05, 0.1) is 5.60 Å². The molecule has 0 N–H and O–H groups in total. The molecule has 17 heavy (non-hydrogen) atoms. The van der Waals surface area contributed by atoms with Gasteiger partial charge in [0.15, 0.2) is 8.32 Å². The largest absolute Gasteiger partial charge is 0.408 e. The predicted molar refractivity (Wildman–Crippen MR) is 75.6 cm³/mol. The minimum absolute atomic E-state index is 0.0178. The highest BCUT2D eigenvalue weighted by Crippen LogP contribution is 2.43. The van der Waals surface area contributed by atoms with Crippen LogP contribution in [0.3, 0.4) is 0 Å². The summed E-state index contributed by atoms with van der Waals surface area (Å²) in [4.78, 5) is 0. The lowest BCUT2D eigenvalue weighted by Gasteiger charge is -2.45. The van der Waals surface area contributed by atoms with E-state index in [1.54, 1.807) is 0 Å². The molecule has 0 bridgehead atoms. The third kappa shape index (κ3) is 2.80. The quantitative estimate of drug-likeness (QED) is 0.705. The minimum atomic E-state index is -1.45. The van der Waals surface area contributed by atoms with Crippen molar-refractivity contribution in [3.05, 3.63) is 35.9 Å². The Labute approximate surface area is 106 Å². The Morgan fingerprint density at radius 3 is 2.53 bits per heavy atom. The van der Waals surface area contributed by atoms with Crippen LogP contribution in [0, 0.1) is 0 Å². The Kier molecular flexibility index (Phi) is 3.74. The smallest absolute Gasteiger partial charge is 0.188 e. The van der Waals surface area contributed by atoms with Gasteiger partial charge in [-0.3, -0.25) is 0 Å². The van der Waals surface area contributed by atoms with Crippen LogP contribution in [0.2, 0.25) is 19.1 Å². The molecule has 0 saturated carbocycles. The van der Waals surface area contributed by atoms with Crippen LogP contribution < -0.4 is 0 Å². The molecule has 1 nitrogen and oxygen atoms in total. The number of benzene rings is 1. The third-order valence-electron chi connectivity index (χ3n) is 3.78. The van der Waals surface area contributed by atoms with Crippen molar-refractivity contribution in [2.45, 2.75) is 57.3 Å². The Morgan fingerprint density at radius 2 is 1.94 bits per heavy atom. The number of hydrogen-bond donors (Lipinski definition) is 0. The average molecular weight is 248 g/mol. The molecule has 1 aromatic rings. The summed E-state index contributed by atoms with van der Waals surface area (Å²) in [5.41, 5.74) is 1.41. The summed E-state index contributed by atoms with van der Waals surface area (Å²) in [6.07, 6.45) is 4.88. The van der Waals surface area contributed by atoms with Crippen molar-refractivity contribution in [2.75, 3.05) is 0 Å². The first-order chi connectivity index (χ1) is 8.08. The molecule has 1 heterocycles. The van der Waals surface area contributed by atoms with Gasteiger partial charge in [-0.2, -0.15) is 0 Å². The number of hydrogen-bond acceptors (Lipinski definition) is 1. The van der Waals surface area contributed by atoms with Crippen LogP contribution in [0.1, 0.15) is 38.2 Å². The van der Waals surface area contributed by atoms with Crippen LogP contribution in [-0.2, 0) is 10.0 Å². The lowest BCUT2D eigenvalue weighted by Crippen LogP contribution is -2.46. The molecular weight excluding hydrogens is 224 g/mol. The summed E-state index contributed by atoms with van der Waals surface area (Å²) in [6, 6.07) is 12.2. The molecule has 0 aromatic heterocycles. The van der Waals surface area contributed by atoms with Gasteiger partial charge in [-0.25, -0.2) is 0 Å².